The lowest BCUT2D eigenvalue weighted by molar-refractivity contribution is -0.136. The maximum Gasteiger partial charge on any atom is 0.303 e. The number of hydrogen-bond donors (Lipinski definition) is 4. The molecule has 2 aromatic rings. The second-order valence-electron chi connectivity index (χ2n) is 14.2. The summed E-state index contributed by atoms with van der Waals surface area (Å²) in [4.78, 5) is 20.5. The van der Waals surface area contributed by atoms with E-state index < -0.39 is 5.97 Å². The van der Waals surface area contributed by atoms with Gasteiger partial charge in [0.25, 0.3) is 0 Å². The van der Waals surface area contributed by atoms with Crippen LogP contribution < -0.4 is 16.1 Å². The zero-order valence-corrected chi connectivity index (χ0v) is 37.0. The van der Waals surface area contributed by atoms with Crippen LogP contribution in [0.2, 0.25) is 0 Å². The number of nitrogens with zero attached hydrogens (tertiary/aromatic N) is 1. The quantitative estimate of drug-likeness (QED) is 0.0634. The smallest absolute Gasteiger partial charge is 0.303 e. The average molecular weight is 799 g/mol. The minimum atomic E-state index is -0.764. The first kappa shape index (κ1) is 50.9. The maximum absolute atomic E-state index is 10.8. The Kier molecular flexibility index (Phi) is 28.5. The number of carboxylic acid groups (broad SMARTS) is 1. The molecule has 314 valence electrons. The Morgan fingerprint density at radius 3 is 2.11 bits per heavy atom. The molecule has 0 spiro atoms. The number of aliphatic carboxylic acids is 1. The van der Waals surface area contributed by atoms with E-state index in [1.165, 1.54) is 92.2 Å². The lowest BCUT2D eigenvalue weighted by atomic mass is 9.96. The second-order valence-corrected chi connectivity index (χ2v) is 15.3. The molecule has 4 N–H and O–H groups in total. The standard InChI is InChI=1S/C19H27N.C15H24N2.C10H15NOS.C5H8O2/c1-3-5-16-8-10-17(11-9-16)6-4-7-18-12-14-19(20-2)15-13-18;1-5-13-9-8-10-14(11-13)12-17(16-4)15(6-2)7-3;1-8-5-3-4-6-13-10(11-2)9(8)7-12;1-2-3-4-5(6)7/h8-12,14,20H,3-7,13,15H2,1-2H3;5,8-11,15-16H,1,6-7,12H2,2-4H3;7,11H,1,3-6H2,2H3;2H,1,3-4H2,(H,6,7)/b;;10-9-;. The third-order valence-electron chi connectivity index (χ3n) is 9.94. The number of nitrogens with one attached hydrogen (secondary N) is 3. The van der Waals surface area contributed by atoms with Crippen LogP contribution in [0.25, 0.3) is 6.08 Å². The first-order chi connectivity index (χ1) is 27.6. The molecule has 0 saturated carbocycles. The van der Waals surface area contributed by atoms with Crippen LogP contribution in [0.15, 0.2) is 114 Å². The number of aldehydes is 1. The van der Waals surface area contributed by atoms with Gasteiger partial charge in [-0.2, -0.15) is 0 Å². The number of benzene rings is 2. The predicted molar refractivity (Wildman–Crippen MR) is 248 cm³/mol. The van der Waals surface area contributed by atoms with Gasteiger partial charge in [-0.3, -0.25) is 15.0 Å². The summed E-state index contributed by atoms with van der Waals surface area (Å²) in [6.45, 7) is 18.7. The predicted octanol–water partition coefficient (Wildman–Crippen LogP) is 11.4. The van der Waals surface area contributed by atoms with Gasteiger partial charge < -0.3 is 15.7 Å². The summed E-state index contributed by atoms with van der Waals surface area (Å²) in [7, 11) is 5.85. The maximum atomic E-state index is 10.8. The van der Waals surface area contributed by atoms with Crippen molar-refractivity contribution < 1.29 is 14.7 Å². The van der Waals surface area contributed by atoms with Gasteiger partial charge in [0, 0.05) is 44.4 Å². The normalized spacial score (nSPS) is 15.1. The van der Waals surface area contributed by atoms with Gasteiger partial charge in [0.2, 0.25) is 0 Å². The molecule has 0 aromatic heterocycles. The number of thioether (sulfide) groups is 1. The monoisotopic (exact) mass is 799 g/mol. The highest BCUT2D eigenvalue weighted by Gasteiger charge is 2.14. The van der Waals surface area contributed by atoms with E-state index in [2.05, 4.69) is 122 Å². The van der Waals surface area contributed by atoms with E-state index in [1.807, 2.05) is 27.2 Å². The molecular formula is C49H74N4O3S. The molecule has 2 aromatic carbocycles. The number of carbonyl (C=O) groups excluding carboxylic acids is 1. The molecule has 1 heterocycles. The van der Waals surface area contributed by atoms with Gasteiger partial charge in [-0.15, -0.1) is 18.3 Å². The third kappa shape index (κ3) is 21.8. The lowest BCUT2D eigenvalue weighted by Crippen LogP contribution is -2.42. The summed E-state index contributed by atoms with van der Waals surface area (Å²) in [5.41, 5.74) is 13.4. The molecule has 0 saturated heterocycles. The highest BCUT2D eigenvalue weighted by atomic mass is 32.2. The van der Waals surface area contributed by atoms with Gasteiger partial charge in [0.1, 0.15) is 0 Å². The van der Waals surface area contributed by atoms with E-state index in [9.17, 15) is 9.59 Å². The van der Waals surface area contributed by atoms with Crippen molar-refractivity contribution in [2.75, 3.05) is 26.9 Å². The van der Waals surface area contributed by atoms with E-state index in [-0.39, 0.29) is 6.42 Å². The number of carboxylic acids is 1. The average Bonchev–Trinajstić information content (AvgIpc) is 3.23. The van der Waals surface area contributed by atoms with Crippen molar-refractivity contribution in [2.45, 2.75) is 123 Å². The largest absolute Gasteiger partial charge is 0.481 e. The molecule has 2 aliphatic rings. The second kappa shape index (κ2) is 31.9. The fourth-order valence-electron chi connectivity index (χ4n) is 6.47. The minimum absolute atomic E-state index is 0.198. The Bertz CT molecular complexity index is 1570. The van der Waals surface area contributed by atoms with Crippen LogP contribution in [0.1, 0.15) is 120 Å². The van der Waals surface area contributed by atoms with Crippen LogP contribution in [-0.4, -0.2) is 55.3 Å². The molecule has 8 heteroatoms. The van der Waals surface area contributed by atoms with Crippen molar-refractivity contribution in [2.24, 2.45) is 0 Å². The fourth-order valence-corrected chi connectivity index (χ4v) is 7.51. The molecular weight excluding hydrogens is 725 g/mol. The first-order valence-corrected chi connectivity index (χ1v) is 21.9. The molecule has 4 rings (SSSR count). The van der Waals surface area contributed by atoms with Crippen LogP contribution in [0.4, 0.5) is 0 Å². The molecule has 0 atom stereocenters. The van der Waals surface area contributed by atoms with E-state index >= 15 is 0 Å². The van der Waals surface area contributed by atoms with Crippen LogP contribution in [0.3, 0.4) is 0 Å². The fraction of sp³-hybridized carbons (Fsp3) is 0.469. The number of aryl methyl sites for hydroxylation is 2. The molecule has 57 heavy (non-hydrogen) atoms. The zero-order valence-electron chi connectivity index (χ0n) is 36.1. The van der Waals surface area contributed by atoms with Gasteiger partial charge >= 0.3 is 5.97 Å². The summed E-state index contributed by atoms with van der Waals surface area (Å²) < 4.78 is 0. The Hall–Kier alpha value is -4.11. The molecule has 0 fully saturated rings. The van der Waals surface area contributed by atoms with Crippen molar-refractivity contribution in [3.8, 4) is 0 Å². The molecule has 1 aliphatic carbocycles. The van der Waals surface area contributed by atoms with Gasteiger partial charge in [-0.05, 0) is 124 Å². The third-order valence-corrected chi connectivity index (χ3v) is 11.1. The van der Waals surface area contributed by atoms with E-state index in [0.29, 0.717) is 12.5 Å². The van der Waals surface area contributed by atoms with Gasteiger partial charge in [-0.25, -0.2) is 5.01 Å². The van der Waals surface area contributed by atoms with E-state index in [1.54, 1.807) is 23.4 Å². The number of allylic oxidation sites excluding steroid dienone is 7. The first-order valence-electron chi connectivity index (χ1n) is 20.9. The summed E-state index contributed by atoms with van der Waals surface area (Å²) in [6, 6.07) is 18.3. The Morgan fingerprint density at radius 2 is 1.60 bits per heavy atom. The molecule has 0 bridgehead atoms. The number of carbonyl (C=O) groups is 2. The summed E-state index contributed by atoms with van der Waals surface area (Å²) in [6.07, 6.45) is 23.8. The molecule has 7 nitrogen and oxygen atoms in total. The van der Waals surface area contributed by atoms with Crippen molar-refractivity contribution in [1.29, 1.82) is 0 Å². The van der Waals surface area contributed by atoms with Crippen molar-refractivity contribution in [3.05, 3.63) is 136 Å². The number of hydrogen-bond acceptors (Lipinski definition) is 7. The SMILES string of the molecule is C=C1CCCCS/C(NC)=C\1C=O.C=CCCC(=O)O.C=Cc1cccc(CN(NC)C(CC)CC)c1.CCCc1ccc(CCCC2=CC=C(NC)CC2)cc1. The van der Waals surface area contributed by atoms with Crippen LogP contribution in [0.5, 0.6) is 0 Å². The number of rotatable bonds is 19. The number of hydrazine groups is 1. The van der Waals surface area contributed by atoms with Gasteiger partial charge in [0.15, 0.2) is 6.29 Å². The topological polar surface area (TPSA) is 93.7 Å². The van der Waals surface area contributed by atoms with Crippen molar-refractivity contribution in [3.63, 3.8) is 0 Å². The molecule has 1 aliphatic heterocycles. The van der Waals surface area contributed by atoms with Crippen LogP contribution in [0, 0.1) is 0 Å². The van der Waals surface area contributed by atoms with Crippen molar-refractivity contribution in [1.82, 2.24) is 21.1 Å². The van der Waals surface area contributed by atoms with Crippen molar-refractivity contribution >= 4 is 30.1 Å². The summed E-state index contributed by atoms with van der Waals surface area (Å²) in [5.74, 6) is 0.320. The zero-order chi connectivity index (χ0) is 42.3. The Morgan fingerprint density at radius 1 is 0.895 bits per heavy atom. The Balaban J connectivity index is 0.000000401. The summed E-state index contributed by atoms with van der Waals surface area (Å²) >= 11 is 1.71. The van der Waals surface area contributed by atoms with Crippen LogP contribution in [-0.2, 0) is 29.0 Å². The molecule has 0 amide bonds. The Labute approximate surface area is 350 Å². The van der Waals surface area contributed by atoms with Crippen LogP contribution >= 0.6 is 11.8 Å². The van der Waals surface area contributed by atoms with E-state index in [4.69, 9.17) is 5.11 Å². The minimum Gasteiger partial charge on any atom is -0.481 e. The van der Waals surface area contributed by atoms with E-state index in [0.717, 1.165) is 47.6 Å². The van der Waals surface area contributed by atoms with Gasteiger partial charge in [0.05, 0.1) is 5.03 Å². The molecule has 0 radical (unpaired) electrons. The summed E-state index contributed by atoms with van der Waals surface area (Å²) in [5, 5.41) is 17.6. The highest BCUT2D eigenvalue weighted by molar-refractivity contribution is 8.03. The highest BCUT2D eigenvalue weighted by Crippen LogP contribution is 2.27. The van der Waals surface area contributed by atoms with Gasteiger partial charge in [-0.1, -0.05) is 113 Å². The lowest BCUT2D eigenvalue weighted by Gasteiger charge is -2.29. The molecule has 0 unspecified atom stereocenters.